The fourth-order valence-corrected chi connectivity index (χ4v) is 6.08. The number of piperazine rings is 2. The number of hydrogen-bond donors (Lipinski definition) is 3. The van der Waals surface area contributed by atoms with Gasteiger partial charge in [-0.3, -0.25) is 4.79 Å². The van der Waals surface area contributed by atoms with E-state index in [0.717, 1.165) is 71.0 Å². The van der Waals surface area contributed by atoms with Gasteiger partial charge in [-0.25, -0.2) is 9.37 Å². The molecule has 0 bridgehead atoms. The van der Waals surface area contributed by atoms with E-state index in [2.05, 4.69) is 47.7 Å². The Morgan fingerprint density at radius 1 is 0.980 bits per heavy atom. The van der Waals surface area contributed by atoms with Gasteiger partial charge in [0.05, 0.1) is 22.3 Å². The molecule has 0 aliphatic carbocycles. The molecule has 2 saturated heterocycles. The lowest BCUT2D eigenvalue weighted by molar-refractivity contribution is 0.102. The number of amides is 1. The predicted octanol–water partition coefficient (Wildman–Crippen LogP) is 6.14. The van der Waals surface area contributed by atoms with Gasteiger partial charge < -0.3 is 40.1 Å². The molecule has 1 amide bonds. The number of hydrogen-bond acceptors (Lipinski definition) is 10. The van der Waals surface area contributed by atoms with E-state index in [1.165, 1.54) is 12.3 Å². The number of benzene rings is 3. The summed E-state index contributed by atoms with van der Waals surface area (Å²) < 4.78 is 26.9. The lowest BCUT2D eigenvalue weighted by Crippen LogP contribution is -2.44. The van der Waals surface area contributed by atoms with E-state index in [9.17, 15) is 4.79 Å². The summed E-state index contributed by atoms with van der Waals surface area (Å²) in [4.78, 5) is 29.3. The number of para-hydroxylation sites is 1. The zero-order valence-electron chi connectivity index (χ0n) is 27.2. The Bertz CT molecular complexity index is 1710. The van der Waals surface area contributed by atoms with Gasteiger partial charge in [0.2, 0.25) is 11.8 Å². The van der Waals surface area contributed by atoms with E-state index in [1.807, 2.05) is 24.3 Å². The molecule has 258 valence electrons. The number of carbonyl (C=O) groups excluding carboxylic acids is 1. The second-order valence-corrected chi connectivity index (χ2v) is 12.7. The molecule has 0 spiro atoms. The minimum Gasteiger partial charge on any atom is -0.490 e. The summed E-state index contributed by atoms with van der Waals surface area (Å²) in [6.45, 7) is 9.14. The van der Waals surface area contributed by atoms with Crippen molar-refractivity contribution in [1.82, 2.24) is 25.1 Å². The highest BCUT2D eigenvalue weighted by atomic mass is 35.5. The lowest BCUT2D eigenvalue weighted by Gasteiger charge is -2.32. The molecule has 3 aromatic carbocycles. The monoisotopic (exact) mass is 708 g/mol. The highest BCUT2D eigenvalue weighted by molar-refractivity contribution is 6.40. The number of rotatable bonds is 12. The van der Waals surface area contributed by atoms with E-state index in [-0.39, 0.29) is 38.9 Å². The second-order valence-electron chi connectivity index (χ2n) is 11.9. The SMILES string of the molecule is CN1CCN(CCCOc2ccc(Nc3ncc(C(=O)Nc4c(Cl)cccc4Cl)c(Oc4ccc(N5CCNCC5)cc4)n3)cc2F)CC1. The van der Waals surface area contributed by atoms with Crippen LogP contribution in [0.1, 0.15) is 16.8 Å². The number of ether oxygens (including phenoxy) is 2. The van der Waals surface area contributed by atoms with Gasteiger partial charge in [0.25, 0.3) is 5.91 Å². The second kappa shape index (κ2) is 16.5. The van der Waals surface area contributed by atoms with Crippen molar-refractivity contribution in [2.24, 2.45) is 0 Å². The van der Waals surface area contributed by atoms with Crippen molar-refractivity contribution in [3.8, 4) is 17.4 Å². The summed E-state index contributed by atoms with van der Waals surface area (Å²) in [5.41, 5.74) is 1.75. The van der Waals surface area contributed by atoms with Crippen LogP contribution in [-0.4, -0.2) is 98.2 Å². The summed E-state index contributed by atoms with van der Waals surface area (Å²) in [6.07, 6.45) is 2.13. The number of anilines is 4. The first-order valence-electron chi connectivity index (χ1n) is 16.3. The molecule has 14 heteroatoms. The molecule has 3 N–H and O–H groups in total. The minimum atomic E-state index is -0.575. The molecule has 0 atom stereocenters. The third-order valence-corrected chi connectivity index (χ3v) is 9.02. The number of halogens is 3. The molecule has 2 fully saturated rings. The third kappa shape index (κ3) is 9.28. The van der Waals surface area contributed by atoms with Crippen LogP contribution in [0.2, 0.25) is 10.0 Å². The molecule has 4 aromatic rings. The highest BCUT2D eigenvalue weighted by Gasteiger charge is 2.21. The molecule has 11 nitrogen and oxygen atoms in total. The number of nitrogens with zero attached hydrogens (tertiary/aromatic N) is 5. The fourth-order valence-electron chi connectivity index (χ4n) is 5.58. The third-order valence-electron chi connectivity index (χ3n) is 8.39. The molecule has 6 rings (SSSR count). The Hall–Kier alpha value is -4.20. The summed E-state index contributed by atoms with van der Waals surface area (Å²) >= 11 is 12.6. The highest BCUT2D eigenvalue weighted by Crippen LogP contribution is 2.33. The Balaban J connectivity index is 1.15. The predicted molar refractivity (Wildman–Crippen MR) is 192 cm³/mol. The molecule has 0 unspecified atom stereocenters. The van der Waals surface area contributed by atoms with Gasteiger partial charge in [0.15, 0.2) is 11.6 Å². The summed E-state index contributed by atoms with van der Waals surface area (Å²) in [5.74, 6) is -0.377. The molecule has 2 aliphatic rings. The maximum absolute atomic E-state index is 15.0. The van der Waals surface area contributed by atoms with Crippen LogP contribution in [0, 0.1) is 5.82 Å². The molecule has 1 aromatic heterocycles. The topological polar surface area (TPSA) is 107 Å². The van der Waals surface area contributed by atoms with Gasteiger partial charge in [-0.05, 0) is 62.0 Å². The normalized spacial score (nSPS) is 15.6. The average molecular weight is 710 g/mol. The summed E-state index contributed by atoms with van der Waals surface area (Å²) in [6, 6.07) is 17.0. The first-order chi connectivity index (χ1) is 23.8. The van der Waals surface area contributed by atoms with Crippen molar-refractivity contribution in [1.29, 1.82) is 0 Å². The molecule has 0 saturated carbocycles. The van der Waals surface area contributed by atoms with E-state index >= 15 is 4.39 Å². The van der Waals surface area contributed by atoms with Gasteiger partial charge in [-0.2, -0.15) is 4.98 Å². The van der Waals surface area contributed by atoms with Crippen LogP contribution in [0.4, 0.5) is 27.4 Å². The van der Waals surface area contributed by atoms with Crippen molar-refractivity contribution in [3.05, 3.63) is 88.3 Å². The fraction of sp³-hybridized carbons (Fsp3) is 0.343. The van der Waals surface area contributed by atoms with Gasteiger partial charge >= 0.3 is 0 Å². The number of likely N-dealkylation sites (N-methyl/N-ethyl adjacent to an activating group) is 1. The minimum absolute atomic E-state index is 0.0196. The molecular formula is C35H39Cl2FN8O3. The Morgan fingerprint density at radius 3 is 2.43 bits per heavy atom. The number of aromatic nitrogens is 2. The van der Waals surface area contributed by atoms with Gasteiger partial charge in [0, 0.05) is 82.5 Å². The zero-order chi connectivity index (χ0) is 34.2. The van der Waals surface area contributed by atoms with Crippen LogP contribution < -0.4 is 30.3 Å². The van der Waals surface area contributed by atoms with E-state index in [0.29, 0.717) is 18.0 Å². The smallest absolute Gasteiger partial charge is 0.262 e. The molecular weight excluding hydrogens is 670 g/mol. The number of nitrogens with one attached hydrogen (secondary N) is 3. The van der Waals surface area contributed by atoms with Gasteiger partial charge in [-0.15, -0.1) is 0 Å². The molecule has 0 radical (unpaired) electrons. The maximum atomic E-state index is 15.0. The first-order valence-corrected chi connectivity index (χ1v) is 17.0. The molecule has 3 heterocycles. The van der Waals surface area contributed by atoms with E-state index in [1.54, 1.807) is 30.3 Å². The number of carbonyl (C=O) groups is 1. The zero-order valence-corrected chi connectivity index (χ0v) is 28.7. The van der Waals surface area contributed by atoms with Crippen LogP contribution in [0.3, 0.4) is 0 Å². The van der Waals surface area contributed by atoms with E-state index in [4.69, 9.17) is 32.7 Å². The summed E-state index contributed by atoms with van der Waals surface area (Å²) in [7, 11) is 2.13. The Labute approximate surface area is 295 Å². The van der Waals surface area contributed by atoms with Crippen molar-refractivity contribution < 1.29 is 18.7 Å². The van der Waals surface area contributed by atoms with Gasteiger partial charge in [-0.1, -0.05) is 29.3 Å². The lowest BCUT2D eigenvalue weighted by atomic mass is 10.2. The van der Waals surface area contributed by atoms with Crippen LogP contribution >= 0.6 is 23.2 Å². The van der Waals surface area contributed by atoms with Crippen LogP contribution in [0.25, 0.3) is 0 Å². The standard InChI is InChI=1S/C35H39Cl2FN8O3/c1-44-17-19-45(20-18-44)14-3-21-48-31-11-6-24(22-30(31)38)41-35-40-23-27(33(47)42-32-28(36)4-2-5-29(32)37)34(43-35)49-26-9-7-25(8-10-26)46-15-12-39-13-16-46/h2,4-11,22-23,39H,3,12-21H2,1H3,(H,42,47)(H,40,41,43). The average Bonchev–Trinajstić information content (AvgIpc) is 3.11. The quantitative estimate of drug-likeness (QED) is 0.149. The van der Waals surface area contributed by atoms with Crippen LogP contribution in [-0.2, 0) is 0 Å². The van der Waals surface area contributed by atoms with Crippen molar-refractivity contribution >= 4 is 52.1 Å². The van der Waals surface area contributed by atoms with E-state index < -0.39 is 11.7 Å². The summed E-state index contributed by atoms with van der Waals surface area (Å²) in [5, 5.41) is 9.63. The van der Waals surface area contributed by atoms with Crippen molar-refractivity contribution in [3.63, 3.8) is 0 Å². The largest absolute Gasteiger partial charge is 0.490 e. The van der Waals surface area contributed by atoms with Crippen LogP contribution in [0.15, 0.2) is 66.9 Å². The molecule has 49 heavy (non-hydrogen) atoms. The van der Waals surface area contributed by atoms with Crippen LogP contribution in [0.5, 0.6) is 17.4 Å². The molecule has 2 aliphatic heterocycles. The first kappa shape index (κ1) is 34.7. The maximum Gasteiger partial charge on any atom is 0.262 e. The van der Waals surface area contributed by atoms with Crippen molar-refractivity contribution in [2.75, 3.05) is 88.1 Å². The Kier molecular flexibility index (Phi) is 11.6. The Morgan fingerprint density at radius 2 is 1.71 bits per heavy atom. The van der Waals surface area contributed by atoms with Crippen molar-refractivity contribution in [2.45, 2.75) is 6.42 Å². The van der Waals surface area contributed by atoms with Gasteiger partial charge in [0.1, 0.15) is 11.3 Å².